The average molecular weight is 276 g/mol. The Balaban J connectivity index is 2.02. The first-order chi connectivity index (χ1) is 9.39. The Bertz CT molecular complexity index is 485. The van der Waals surface area contributed by atoms with Gasteiger partial charge in [0.15, 0.2) is 0 Å². The van der Waals surface area contributed by atoms with Gasteiger partial charge in [0, 0.05) is 25.5 Å². The molecule has 110 valence electrons. The van der Waals surface area contributed by atoms with E-state index in [1.165, 1.54) is 11.1 Å². The highest BCUT2D eigenvalue weighted by molar-refractivity contribution is 5.74. The van der Waals surface area contributed by atoms with E-state index in [1.807, 2.05) is 33.2 Å². The van der Waals surface area contributed by atoms with E-state index >= 15 is 0 Å². The van der Waals surface area contributed by atoms with Crippen LogP contribution in [0.25, 0.3) is 0 Å². The first kappa shape index (κ1) is 15.0. The van der Waals surface area contributed by atoms with Gasteiger partial charge < -0.3 is 5.11 Å². The summed E-state index contributed by atoms with van der Waals surface area (Å²) in [5.41, 5.74) is 1.73. The van der Waals surface area contributed by atoms with Crippen LogP contribution in [0.15, 0.2) is 18.5 Å². The van der Waals surface area contributed by atoms with Crippen LogP contribution in [0.2, 0.25) is 0 Å². The normalized spacial score (nSPS) is 20.9. The zero-order chi connectivity index (χ0) is 14.8. The lowest BCUT2D eigenvalue weighted by Crippen LogP contribution is -2.44. The van der Waals surface area contributed by atoms with Gasteiger partial charge in [-0.3, -0.25) is 14.7 Å². The van der Waals surface area contributed by atoms with E-state index in [0.717, 1.165) is 32.5 Å². The number of hydrogen-bond acceptors (Lipinski definition) is 3. The molecule has 0 aromatic carbocycles. The number of nitrogens with zero attached hydrogens (tertiary/aromatic N) is 2. The molecule has 1 atom stereocenters. The number of hydrogen-bond donors (Lipinski definition) is 1. The van der Waals surface area contributed by atoms with Crippen molar-refractivity contribution in [1.29, 1.82) is 0 Å². The second-order valence-electron chi connectivity index (χ2n) is 6.47. The molecular weight excluding hydrogens is 252 g/mol. The summed E-state index contributed by atoms with van der Waals surface area (Å²) in [6, 6.07) is 2.15. The molecule has 4 nitrogen and oxygen atoms in total. The van der Waals surface area contributed by atoms with Gasteiger partial charge >= 0.3 is 5.97 Å². The van der Waals surface area contributed by atoms with Gasteiger partial charge in [-0.1, -0.05) is 6.07 Å². The molecule has 0 spiro atoms. The van der Waals surface area contributed by atoms with Crippen LogP contribution in [0, 0.1) is 18.3 Å². The lowest BCUT2D eigenvalue weighted by Gasteiger charge is -2.39. The molecule has 0 bridgehead atoms. The molecule has 1 saturated heterocycles. The van der Waals surface area contributed by atoms with Gasteiger partial charge in [0.1, 0.15) is 0 Å². The average Bonchev–Trinajstić information content (AvgIpc) is 2.39. The molecule has 0 aliphatic carbocycles. The van der Waals surface area contributed by atoms with Gasteiger partial charge in [-0.25, -0.2) is 0 Å². The van der Waals surface area contributed by atoms with E-state index in [4.69, 9.17) is 0 Å². The summed E-state index contributed by atoms with van der Waals surface area (Å²) in [6.45, 7) is 8.49. The van der Waals surface area contributed by atoms with Crippen LogP contribution in [0.3, 0.4) is 0 Å². The second kappa shape index (κ2) is 5.92. The molecule has 20 heavy (non-hydrogen) atoms. The summed E-state index contributed by atoms with van der Waals surface area (Å²) in [6.07, 6.45) is 5.83. The maximum absolute atomic E-state index is 11.4. The Hall–Kier alpha value is -1.42. The molecule has 1 N–H and O–H groups in total. The molecule has 0 amide bonds. The molecule has 4 heteroatoms. The zero-order valence-corrected chi connectivity index (χ0v) is 12.6. The Morgan fingerprint density at radius 2 is 2.25 bits per heavy atom. The monoisotopic (exact) mass is 276 g/mol. The van der Waals surface area contributed by atoms with Gasteiger partial charge in [-0.2, -0.15) is 0 Å². The van der Waals surface area contributed by atoms with Gasteiger partial charge in [-0.05, 0) is 57.2 Å². The van der Waals surface area contributed by atoms with Crippen molar-refractivity contribution in [2.45, 2.75) is 40.2 Å². The molecule has 2 rings (SSSR count). The predicted octanol–water partition coefficient (Wildman–Crippen LogP) is 2.71. The molecule has 0 radical (unpaired) electrons. The van der Waals surface area contributed by atoms with Crippen LogP contribution >= 0.6 is 0 Å². The standard InChI is InChI=1S/C16H24N2O2/c1-12-7-13(9-17-8-12)10-18-6-4-5-14(11-18)16(2,3)15(19)20/h7-9,14H,4-6,10-11H2,1-3H3,(H,19,20). The number of aliphatic carboxylic acids is 1. The summed E-state index contributed by atoms with van der Waals surface area (Å²) < 4.78 is 0. The molecule has 1 fully saturated rings. The largest absolute Gasteiger partial charge is 0.481 e. The Morgan fingerprint density at radius 1 is 1.50 bits per heavy atom. The number of carboxylic acids is 1. The number of aryl methyl sites for hydroxylation is 1. The lowest BCUT2D eigenvalue weighted by molar-refractivity contribution is -0.151. The van der Waals surface area contributed by atoms with Crippen molar-refractivity contribution in [3.05, 3.63) is 29.6 Å². The SMILES string of the molecule is Cc1cncc(CN2CCCC(C(C)(C)C(=O)O)C2)c1. The van der Waals surface area contributed by atoms with Crippen molar-refractivity contribution in [2.24, 2.45) is 11.3 Å². The van der Waals surface area contributed by atoms with E-state index in [2.05, 4.69) is 16.0 Å². The molecule has 1 aromatic rings. The summed E-state index contributed by atoms with van der Waals surface area (Å²) in [4.78, 5) is 18.0. The maximum Gasteiger partial charge on any atom is 0.309 e. The fourth-order valence-corrected chi connectivity index (χ4v) is 2.93. The fourth-order valence-electron chi connectivity index (χ4n) is 2.93. The highest BCUT2D eigenvalue weighted by Gasteiger charge is 2.38. The molecular formula is C16H24N2O2. The van der Waals surface area contributed by atoms with E-state index in [-0.39, 0.29) is 5.92 Å². The smallest absolute Gasteiger partial charge is 0.309 e. The molecule has 1 aromatic heterocycles. The van der Waals surface area contributed by atoms with Crippen LogP contribution in [0.4, 0.5) is 0 Å². The third-order valence-corrected chi connectivity index (χ3v) is 4.42. The molecule has 1 aliphatic rings. The number of piperidine rings is 1. The molecule has 0 saturated carbocycles. The van der Waals surface area contributed by atoms with Crippen LogP contribution in [0.1, 0.15) is 37.8 Å². The summed E-state index contributed by atoms with van der Waals surface area (Å²) >= 11 is 0. The topological polar surface area (TPSA) is 53.4 Å². The molecule has 2 heterocycles. The van der Waals surface area contributed by atoms with Crippen molar-refractivity contribution < 1.29 is 9.90 Å². The minimum Gasteiger partial charge on any atom is -0.481 e. The highest BCUT2D eigenvalue weighted by Crippen LogP contribution is 2.34. The Labute approximate surface area is 120 Å². The third kappa shape index (κ3) is 3.37. The van der Waals surface area contributed by atoms with Crippen molar-refractivity contribution in [3.8, 4) is 0 Å². The van der Waals surface area contributed by atoms with Crippen LogP contribution in [-0.2, 0) is 11.3 Å². The minimum atomic E-state index is -0.693. The number of pyridine rings is 1. The lowest BCUT2D eigenvalue weighted by atomic mass is 9.74. The molecule has 1 aliphatic heterocycles. The first-order valence-electron chi connectivity index (χ1n) is 7.26. The van der Waals surface area contributed by atoms with Gasteiger partial charge in [0.25, 0.3) is 0 Å². The summed E-state index contributed by atoms with van der Waals surface area (Å²) in [7, 11) is 0. The number of aromatic nitrogens is 1. The number of rotatable bonds is 4. The van der Waals surface area contributed by atoms with Gasteiger partial charge in [0.2, 0.25) is 0 Å². The zero-order valence-electron chi connectivity index (χ0n) is 12.6. The second-order valence-corrected chi connectivity index (χ2v) is 6.47. The van der Waals surface area contributed by atoms with E-state index in [1.54, 1.807) is 0 Å². The predicted molar refractivity (Wildman–Crippen MR) is 78.4 cm³/mol. The molecule has 1 unspecified atom stereocenters. The van der Waals surface area contributed by atoms with Crippen molar-refractivity contribution in [1.82, 2.24) is 9.88 Å². The van der Waals surface area contributed by atoms with E-state index in [9.17, 15) is 9.90 Å². The summed E-state index contributed by atoms with van der Waals surface area (Å²) in [5, 5.41) is 9.38. The number of carboxylic acid groups (broad SMARTS) is 1. The van der Waals surface area contributed by atoms with Gasteiger partial charge in [-0.15, -0.1) is 0 Å². The van der Waals surface area contributed by atoms with Crippen LogP contribution < -0.4 is 0 Å². The van der Waals surface area contributed by atoms with Crippen LogP contribution in [0.5, 0.6) is 0 Å². The fraction of sp³-hybridized carbons (Fsp3) is 0.625. The quantitative estimate of drug-likeness (QED) is 0.918. The van der Waals surface area contributed by atoms with Crippen molar-refractivity contribution in [2.75, 3.05) is 13.1 Å². The Kier molecular flexibility index (Phi) is 4.43. The van der Waals surface area contributed by atoms with E-state index < -0.39 is 11.4 Å². The van der Waals surface area contributed by atoms with Crippen molar-refractivity contribution in [3.63, 3.8) is 0 Å². The number of carbonyl (C=O) groups is 1. The maximum atomic E-state index is 11.4. The van der Waals surface area contributed by atoms with E-state index in [0.29, 0.717) is 0 Å². The van der Waals surface area contributed by atoms with Crippen molar-refractivity contribution >= 4 is 5.97 Å². The minimum absolute atomic E-state index is 0.214. The Morgan fingerprint density at radius 3 is 2.90 bits per heavy atom. The number of likely N-dealkylation sites (tertiary alicyclic amines) is 1. The summed E-state index contributed by atoms with van der Waals surface area (Å²) in [5.74, 6) is -0.479. The third-order valence-electron chi connectivity index (χ3n) is 4.42. The van der Waals surface area contributed by atoms with Crippen LogP contribution in [-0.4, -0.2) is 34.0 Å². The highest BCUT2D eigenvalue weighted by atomic mass is 16.4. The van der Waals surface area contributed by atoms with Gasteiger partial charge in [0.05, 0.1) is 5.41 Å². The first-order valence-corrected chi connectivity index (χ1v) is 7.26.